The van der Waals surface area contributed by atoms with Crippen LogP contribution in [0, 0.1) is 11.8 Å². The maximum Gasteiger partial charge on any atom is 0.490 e. The number of fused-ring (bicyclic) bond motifs is 1. The van der Waals surface area contributed by atoms with E-state index in [0.717, 1.165) is 11.8 Å². The van der Waals surface area contributed by atoms with Crippen molar-refractivity contribution < 1.29 is 46.1 Å². The fourth-order valence-electron chi connectivity index (χ4n) is 1.72. The smallest absolute Gasteiger partial charge is 0.475 e. The second kappa shape index (κ2) is 8.17. The summed E-state index contributed by atoms with van der Waals surface area (Å²) in [5, 5.41) is 21.0. The van der Waals surface area contributed by atoms with E-state index in [-0.39, 0.29) is 0 Å². The van der Waals surface area contributed by atoms with Crippen molar-refractivity contribution in [2.75, 3.05) is 26.2 Å². The van der Waals surface area contributed by atoms with Gasteiger partial charge in [0.2, 0.25) is 0 Å². The topological polar surface area (TPSA) is 98.7 Å². The Morgan fingerprint density at radius 2 is 0.909 bits per heavy atom. The average Bonchev–Trinajstić information content (AvgIpc) is 2.89. The van der Waals surface area contributed by atoms with E-state index < -0.39 is 24.3 Å². The number of nitrogens with one attached hydrogen (secondary N) is 2. The minimum Gasteiger partial charge on any atom is -0.475 e. The van der Waals surface area contributed by atoms with Crippen molar-refractivity contribution in [2.45, 2.75) is 12.4 Å². The van der Waals surface area contributed by atoms with E-state index in [1.807, 2.05) is 0 Å². The fourth-order valence-corrected chi connectivity index (χ4v) is 1.72. The van der Waals surface area contributed by atoms with Gasteiger partial charge in [0.05, 0.1) is 0 Å². The van der Waals surface area contributed by atoms with Crippen LogP contribution < -0.4 is 10.6 Å². The first-order valence-corrected chi connectivity index (χ1v) is 5.87. The van der Waals surface area contributed by atoms with Crippen molar-refractivity contribution in [3.63, 3.8) is 0 Å². The predicted octanol–water partition coefficient (Wildman–Crippen LogP) is 0.692. The minimum atomic E-state index is -5.08. The van der Waals surface area contributed by atoms with Crippen LogP contribution in [0.1, 0.15) is 0 Å². The molecule has 0 aromatic rings. The zero-order chi connectivity index (χ0) is 17.6. The molecule has 22 heavy (non-hydrogen) atoms. The molecule has 4 N–H and O–H groups in total. The van der Waals surface area contributed by atoms with Crippen LogP contribution in [0.3, 0.4) is 0 Å². The van der Waals surface area contributed by atoms with Gasteiger partial charge in [0.1, 0.15) is 0 Å². The standard InChI is InChI=1S/C6H12N2.2C2HF3O2/c1-5-2-8-4-6(5)3-7-1;2*3-2(4,5)1(6)7/h5-8H,1-4H2;2*(H,6,7). The molecule has 0 bridgehead atoms. The van der Waals surface area contributed by atoms with Crippen LogP contribution in [0.5, 0.6) is 0 Å². The van der Waals surface area contributed by atoms with Crippen LogP contribution in [0.25, 0.3) is 0 Å². The van der Waals surface area contributed by atoms with E-state index in [1.165, 1.54) is 26.2 Å². The van der Waals surface area contributed by atoms with Gasteiger partial charge in [-0.1, -0.05) is 0 Å². The van der Waals surface area contributed by atoms with Crippen LogP contribution in [-0.4, -0.2) is 60.7 Å². The lowest BCUT2D eigenvalue weighted by Crippen LogP contribution is -2.21. The van der Waals surface area contributed by atoms with E-state index in [2.05, 4.69) is 10.6 Å². The van der Waals surface area contributed by atoms with Gasteiger partial charge in [-0.2, -0.15) is 26.3 Å². The molecule has 2 heterocycles. The lowest BCUT2D eigenvalue weighted by Gasteiger charge is -2.01. The lowest BCUT2D eigenvalue weighted by molar-refractivity contribution is -0.193. The molecule has 0 atom stereocenters. The van der Waals surface area contributed by atoms with E-state index in [1.54, 1.807) is 0 Å². The zero-order valence-electron chi connectivity index (χ0n) is 11.0. The van der Waals surface area contributed by atoms with Crippen LogP contribution in [0.2, 0.25) is 0 Å². The molecule has 12 heteroatoms. The van der Waals surface area contributed by atoms with Crippen molar-refractivity contribution in [1.82, 2.24) is 10.6 Å². The number of hydrogen-bond donors (Lipinski definition) is 4. The molecule has 2 saturated heterocycles. The van der Waals surface area contributed by atoms with Crippen molar-refractivity contribution >= 4 is 11.9 Å². The Bertz CT molecular complexity index is 341. The summed E-state index contributed by atoms with van der Waals surface area (Å²) < 4.78 is 63.5. The quantitative estimate of drug-likeness (QED) is 0.485. The number of carboxylic acid groups (broad SMARTS) is 2. The Morgan fingerprint density at radius 1 is 0.727 bits per heavy atom. The summed E-state index contributed by atoms with van der Waals surface area (Å²) in [6, 6.07) is 0. The Kier molecular flexibility index (Phi) is 7.59. The Labute approximate surface area is 120 Å². The number of aliphatic carboxylic acids is 2. The van der Waals surface area contributed by atoms with Crippen LogP contribution >= 0.6 is 0 Å². The largest absolute Gasteiger partial charge is 0.490 e. The summed E-state index contributed by atoms with van der Waals surface area (Å²) in [6.45, 7) is 4.99. The molecule has 0 radical (unpaired) electrons. The molecule has 0 aromatic heterocycles. The van der Waals surface area contributed by atoms with Gasteiger partial charge in [-0.15, -0.1) is 0 Å². The van der Waals surface area contributed by atoms with Crippen molar-refractivity contribution in [2.24, 2.45) is 11.8 Å². The van der Waals surface area contributed by atoms with Gasteiger partial charge in [-0.05, 0) is 38.0 Å². The summed E-state index contributed by atoms with van der Waals surface area (Å²) in [5.41, 5.74) is 0. The zero-order valence-corrected chi connectivity index (χ0v) is 11.0. The van der Waals surface area contributed by atoms with Gasteiger partial charge < -0.3 is 20.8 Å². The maximum absolute atomic E-state index is 10.6. The molecule has 0 aromatic carbocycles. The highest BCUT2D eigenvalue weighted by Gasteiger charge is 2.38. The molecule has 2 aliphatic heterocycles. The van der Waals surface area contributed by atoms with Crippen molar-refractivity contribution in [3.05, 3.63) is 0 Å². The molecule has 0 unspecified atom stereocenters. The molecule has 2 aliphatic rings. The van der Waals surface area contributed by atoms with Crippen LogP contribution in [0.15, 0.2) is 0 Å². The first-order valence-electron chi connectivity index (χ1n) is 5.87. The number of carbonyl (C=O) groups is 2. The Hall–Kier alpha value is -1.56. The minimum absolute atomic E-state index is 0.954. The first-order chi connectivity index (χ1) is 9.85. The third-order valence-corrected chi connectivity index (χ3v) is 2.78. The molecule has 0 saturated carbocycles. The van der Waals surface area contributed by atoms with Gasteiger partial charge in [-0.3, -0.25) is 0 Å². The predicted molar refractivity (Wildman–Crippen MR) is 60.1 cm³/mol. The highest BCUT2D eigenvalue weighted by molar-refractivity contribution is 5.73. The van der Waals surface area contributed by atoms with E-state index in [0.29, 0.717) is 0 Å². The third kappa shape index (κ3) is 8.02. The second-order valence-electron chi connectivity index (χ2n) is 4.44. The van der Waals surface area contributed by atoms with Gasteiger partial charge in [0.25, 0.3) is 0 Å². The molecule has 0 spiro atoms. The molecule has 6 nitrogen and oxygen atoms in total. The molecule has 130 valence electrons. The van der Waals surface area contributed by atoms with Gasteiger partial charge in [-0.25, -0.2) is 9.59 Å². The van der Waals surface area contributed by atoms with Crippen LogP contribution in [0.4, 0.5) is 26.3 Å². The van der Waals surface area contributed by atoms with Gasteiger partial charge in [0.15, 0.2) is 0 Å². The maximum atomic E-state index is 10.6. The van der Waals surface area contributed by atoms with Crippen molar-refractivity contribution in [3.8, 4) is 0 Å². The SMILES string of the molecule is C1NCC2CNCC12.O=C(O)C(F)(F)F.O=C(O)C(F)(F)F. The summed E-state index contributed by atoms with van der Waals surface area (Å²) in [7, 11) is 0. The lowest BCUT2D eigenvalue weighted by atomic mass is 10.0. The third-order valence-electron chi connectivity index (χ3n) is 2.78. The number of alkyl halides is 6. The summed E-state index contributed by atoms with van der Waals surface area (Å²) >= 11 is 0. The number of rotatable bonds is 0. The molecule has 0 amide bonds. The van der Waals surface area contributed by atoms with Gasteiger partial charge in [0, 0.05) is 0 Å². The molecule has 2 rings (SSSR count). The fraction of sp³-hybridized carbons (Fsp3) is 0.800. The van der Waals surface area contributed by atoms with Crippen LogP contribution in [-0.2, 0) is 9.59 Å². The summed E-state index contributed by atoms with van der Waals surface area (Å²) in [4.78, 5) is 17.8. The van der Waals surface area contributed by atoms with E-state index in [9.17, 15) is 26.3 Å². The summed E-state index contributed by atoms with van der Waals surface area (Å²) in [5.74, 6) is -3.61. The molecular formula is C10H14F6N2O4. The second-order valence-corrected chi connectivity index (χ2v) is 4.44. The molecule has 2 fully saturated rings. The van der Waals surface area contributed by atoms with Gasteiger partial charge >= 0.3 is 24.3 Å². The van der Waals surface area contributed by atoms with E-state index >= 15 is 0 Å². The van der Waals surface area contributed by atoms with Crippen molar-refractivity contribution in [1.29, 1.82) is 0 Å². The number of carboxylic acids is 2. The Morgan fingerprint density at radius 3 is 1.05 bits per heavy atom. The summed E-state index contributed by atoms with van der Waals surface area (Å²) in [6.07, 6.45) is -10.2. The molecule has 0 aliphatic carbocycles. The normalized spacial score (nSPS) is 23.5. The number of halogens is 6. The Balaban J connectivity index is 0.000000303. The van der Waals surface area contributed by atoms with E-state index in [4.69, 9.17) is 19.8 Å². The number of hydrogen-bond acceptors (Lipinski definition) is 4. The highest BCUT2D eigenvalue weighted by atomic mass is 19.4. The first kappa shape index (κ1) is 20.4. The monoisotopic (exact) mass is 340 g/mol. The highest BCUT2D eigenvalue weighted by Crippen LogP contribution is 2.19. The average molecular weight is 340 g/mol. The molecular weight excluding hydrogens is 326 g/mol.